The Balaban J connectivity index is 0.970. The second kappa shape index (κ2) is 21.4. The zero-order valence-corrected chi connectivity index (χ0v) is 38.7. The van der Waals surface area contributed by atoms with Crippen LogP contribution in [0.25, 0.3) is 44.8 Å². The summed E-state index contributed by atoms with van der Waals surface area (Å²) in [5.41, 5.74) is 15.0. The molecule has 3 N–H and O–H groups in total. The Morgan fingerprint density at radius 1 is 0.612 bits per heavy atom. The summed E-state index contributed by atoms with van der Waals surface area (Å²) in [4.78, 5) is 22.0. The number of hydrogen-bond donors (Lipinski definition) is 3. The first kappa shape index (κ1) is 46.2. The highest BCUT2D eigenvalue weighted by Crippen LogP contribution is 2.47. The SMILES string of the molecule is Cc1ccc(-c2nn(CC3CCC(COCC(=O)O)CC3)c3c2-c2ccccc2C(Cc2ccc(-c4nn(CC5CCC(COCC(=O)O)CC5)c(CCO)c4-c4ccccc4)cc2)C3)cc1. The van der Waals surface area contributed by atoms with Gasteiger partial charge in [0.1, 0.15) is 24.6 Å². The van der Waals surface area contributed by atoms with Crippen LogP contribution in [-0.4, -0.2) is 79.9 Å². The molecule has 6 aromatic rings. The van der Waals surface area contributed by atoms with Gasteiger partial charge in [-0.2, -0.15) is 10.2 Å². The van der Waals surface area contributed by atoms with Gasteiger partial charge in [0.25, 0.3) is 0 Å². The Hall–Kier alpha value is -5.88. The molecule has 3 aliphatic rings. The average molecular weight is 905 g/mol. The normalized spacial score (nSPS) is 20.3. The number of hydrogen-bond acceptors (Lipinski definition) is 7. The fourth-order valence-electron chi connectivity index (χ4n) is 11.1. The van der Waals surface area contributed by atoms with Crippen LogP contribution < -0.4 is 0 Å². The number of aliphatic carboxylic acids is 2. The molecule has 0 spiro atoms. The highest BCUT2D eigenvalue weighted by atomic mass is 16.5. The highest BCUT2D eigenvalue weighted by molar-refractivity contribution is 5.86. The van der Waals surface area contributed by atoms with E-state index in [9.17, 15) is 14.7 Å². The van der Waals surface area contributed by atoms with Crippen LogP contribution in [0.3, 0.4) is 0 Å². The number of carbonyl (C=O) groups is 2. The molecular weight excluding hydrogens is 841 g/mol. The van der Waals surface area contributed by atoms with Crippen molar-refractivity contribution in [3.63, 3.8) is 0 Å². The molecule has 67 heavy (non-hydrogen) atoms. The summed E-state index contributed by atoms with van der Waals surface area (Å²) in [5.74, 6) is 0.0996. The van der Waals surface area contributed by atoms with Crippen molar-refractivity contribution in [2.45, 2.75) is 96.6 Å². The number of benzene rings is 4. The molecule has 2 aromatic heterocycles. The molecule has 0 amide bonds. The van der Waals surface area contributed by atoms with Gasteiger partial charge in [-0.3, -0.25) is 9.36 Å². The van der Waals surface area contributed by atoms with Gasteiger partial charge in [-0.25, -0.2) is 9.59 Å². The van der Waals surface area contributed by atoms with E-state index in [1.807, 2.05) is 6.07 Å². The molecule has 11 heteroatoms. The van der Waals surface area contributed by atoms with Crippen LogP contribution in [0.15, 0.2) is 103 Å². The third kappa shape index (κ3) is 11.0. The maximum Gasteiger partial charge on any atom is 0.329 e. The summed E-state index contributed by atoms with van der Waals surface area (Å²) in [7, 11) is 0. The Morgan fingerprint density at radius 3 is 1.73 bits per heavy atom. The van der Waals surface area contributed by atoms with E-state index in [1.165, 1.54) is 33.5 Å². The molecule has 11 nitrogen and oxygen atoms in total. The predicted molar refractivity (Wildman–Crippen MR) is 260 cm³/mol. The van der Waals surface area contributed by atoms with Gasteiger partial charge in [0.2, 0.25) is 0 Å². The molecule has 2 heterocycles. The van der Waals surface area contributed by atoms with Crippen LogP contribution in [0, 0.1) is 30.6 Å². The van der Waals surface area contributed by atoms with Crippen molar-refractivity contribution in [2.24, 2.45) is 23.7 Å². The Bertz CT molecular complexity index is 2600. The van der Waals surface area contributed by atoms with E-state index in [2.05, 4.69) is 113 Å². The molecule has 0 radical (unpaired) electrons. The van der Waals surface area contributed by atoms with Crippen LogP contribution in [0.5, 0.6) is 0 Å². The Labute approximate surface area is 393 Å². The van der Waals surface area contributed by atoms with Gasteiger partial charge in [0.05, 0.1) is 13.2 Å². The lowest BCUT2D eigenvalue weighted by Gasteiger charge is -2.30. The van der Waals surface area contributed by atoms with Crippen molar-refractivity contribution >= 4 is 11.9 Å². The van der Waals surface area contributed by atoms with Gasteiger partial charge in [-0.15, -0.1) is 0 Å². The second-order valence-electron chi connectivity index (χ2n) is 19.4. The maximum absolute atomic E-state index is 11.0. The van der Waals surface area contributed by atoms with E-state index < -0.39 is 11.9 Å². The number of aromatic nitrogens is 4. The lowest BCUT2D eigenvalue weighted by molar-refractivity contribution is -0.143. The van der Waals surface area contributed by atoms with Gasteiger partial charge >= 0.3 is 11.9 Å². The molecule has 3 aliphatic carbocycles. The van der Waals surface area contributed by atoms with Crippen molar-refractivity contribution in [3.05, 3.63) is 131 Å². The van der Waals surface area contributed by atoms with Crippen molar-refractivity contribution < 1.29 is 34.4 Å². The summed E-state index contributed by atoms with van der Waals surface area (Å²) in [6.07, 6.45) is 10.5. The molecule has 0 bridgehead atoms. The number of aliphatic hydroxyl groups excluding tert-OH is 1. The molecule has 1 atom stereocenters. The van der Waals surface area contributed by atoms with Gasteiger partial charge in [0.15, 0.2) is 0 Å². The molecule has 1 unspecified atom stereocenters. The molecule has 350 valence electrons. The van der Waals surface area contributed by atoms with Gasteiger partial charge < -0.3 is 24.8 Å². The van der Waals surface area contributed by atoms with Crippen molar-refractivity contribution in [2.75, 3.05) is 33.0 Å². The largest absolute Gasteiger partial charge is 0.480 e. The molecule has 0 aliphatic heterocycles. The van der Waals surface area contributed by atoms with E-state index in [4.69, 9.17) is 29.9 Å². The first-order valence-electron chi connectivity index (χ1n) is 24.4. The minimum Gasteiger partial charge on any atom is -0.480 e. The summed E-state index contributed by atoms with van der Waals surface area (Å²) >= 11 is 0. The van der Waals surface area contributed by atoms with Crippen LogP contribution in [0.4, 0.5) is 0 Å². The lowest BCUT2D eigenvalue weighted by Crippen LogP contribution is -2.24. The summed E-state index contributed by atoms with van der Waals surface area (Å²) < 4.78 is 15.4. The molecule has 2 fully saturated rings. The Morgan fingerprint density at radius 2 is 1.13 bits per heavy atom. The first-order valence-corrected chi connectivity index (χ1v) is 24.4. The molecule has 2 saturated carbocycles. The zero-order valence-electron chi connectivity index (χ0n) is 38.7. The van der Waals surface area contributed by atoms with E-state index in [-0.39, 0.29) is 25.7 Å². The minimum absolute atomic E-state index is 0.0281. The number of aryl methyl sites for hydroxylation is 1. The number of carboxylic acid groups (broad SMARTS) is 2. The van der Waals surface area contributed by atoms with E-state index in [0.29, 0.717) is 43.3 Å². The summed E-state index contributed by atoms with van der Waals surface area (Å²) in [6, 6.07) is 37.1. The number of fused-ring (bicyclic) bond motifs is 3. The van der Waals surface area contributed by atoms with Crippen LogP contribution >= 0.6 is 0 Å². The van der Waals surface area contributed by atoms with Crippen LogP contribution in [0.1, 0.15) is 85.4 Å². The van der Waals surface area contributed by atoms with Crippen molar-refractivity contribution in [1.82, 2.24) is 19.6 Å². The number of aliphatic hydroxyl groups is 1. The van der Waals surface area contributed by atoms with Crippen LogP contribution in [-0.2, 0) is 51.4 Å². The predicted octanol–water partition coefficient (Wildman–Crippen LogP) is 10.3. The summed E-state index contributed by atoms with van der Waals surface area (Å²) in [5, 5.41) is 39.2. The number of carboxylic acids is 2. The fourth-order valence-corrected chi connectivity index (χ4v) is 11.1. The van der Waals surface area contributed by atoms with E-state index in [1.54, 1.807) is 0 Å². The summed E-state index contributed by atoms with van der Waals surface area (Å²) in [6.45, 7) is 4.29. The van der Waals surface area contributed by atoms with Crippen LogP contribution in [0.2, 0.25) is 0 Å². The molecular formula is C56H64N4O7. The minimum atomic E-state index is -0.930. The van der Waals surface area contributed by atoms with Gasteiger partial charge in [0, 0.05) is 59.8 Å². The average Bonchev–Trinajstić information content (AvgIpc) is 3.88. The topological polar surface area (TPSA) is 149 Å². The highest BCUT2D eigenvalue weighted by Gasteiger charge is 2.33. The fraction of sp³-hybridized carbons (Fsp3) is 0.429. The number of nitrogens with zero attached hydrogens (tertiary/aromatic N) is 4. The molecule has 0 saturated heterocycles. The molecule has 4 aromatic carbocycles. The van der Waals surface area contributed by atoms with Gasteiger partial charge in [-0.05, 0) is 123 Å². The maximum atomic E-state index is 11.0. The second-order valence-corrected chi connectivity index (χ2v) is 19.4. The van der Waals surface area contributed by atoms with Gasteiger partial charge in [-0.1, -0.05) is 109 Å². The Kier molecular flexibility index (Phi) is 14.8. The standard InChI is InChI=1S/C56H64N4O7/c1-37-11-23-44(24-12-37)56-54-48-10-6-5-9-47(48)46(30-50(54)60(58-56)32-40-15-19-42(20-16-40)34-67-36-52(64)65)29-38-21-25-45(26-22-38)55-53(43-7-3-2-4-8-43)49(27-28-61)59(57-55)31-39-13-17-41(18-14-39)33-66-35-51(62)63/h2-12,21-26,39-42,46,61H,13-20,27-36H2,1H3,(H,62,63)(H,64,65). The van der Waals surface area contributed by atoms with E-state index >= 15 is 0 Å². The van der Waals surface area contributed by atoms with Crippen molar-refractivity contribution in [3.8, 4) is 44.8 Å². The smallest absolute Gasteiger partial charge is 0.329 e. The quantitative estimate of drug-likeness (QED) is 0.0722. The zero-order chi connectivity index (χ0) is 46.3. The lowest BCUT2D eigenvalue weighted by atomic mass is 9.77. The number of ether oxygens (including phenoxy) is 2. The third-order valence-electron chi connectivity index (χ3n) is 14.6. The third-order valence-corrected chi connectivity index (χ3v) is 14.6. The van der Waals surface area contributed by atoms with Crippen molar-refractivity contribution in [1.29, 1.82) is 0 Å². The number of rotatable bonds is 19. The monoisotopic (exact) mass is 904 g/mol. The van der Waals surface area contributed by atoms with E-state index in [0.717, 1.165) is 117 Å². The first-order chi connectivity index (χ1) is 32.7. The molecule has 9 rings (SSSR count).